The van der Waals surface area contributed by atoms with Crippen LogP contribution in [0.1, 0.15) is 6.42 Å². The number of aliphatic imine (C=N–C) groups is 1. The number of hydrogen-bond donors (Lipinski definition) is 0. The van der Waals surface area contributed by atoms with Gasteiger partial charge in [-0.15, -0.1) is 0 Å². The lowest BCUT2D eigenvalue weighted by atomic mass is 9.95. The van der Waals surface area contributed by atoms with Crippen LogP contribution in [-0.4, -0.2) is 5.17 Å². The van der Waals surface area contributed by atoms with E-state index in [0.717, 1.165) is 6.42 Å². The molecule has 2 unspecified atom stereocenters. The maximum atomic E-state index is 5.96. The first-order valence-corrected chi connectivity index (χ1v) is 4.79. The monoisotopic (exact) mass is 221 g/mol. The molecule has 4 heteroatoms. The standard InChI is InChI=1S/C8H6Cl3N/c9-6-4-2-1-3-5(4)7(10)12-8(6)11/h1-2,4-5H,3H2. The van der Waals surface area contributed by atoms with Crippen molar-refractivity contribution in [3.63, 3.8) is 0 Å². The van der Waals surface area contributed by atoms with Crippen molar-refractivity contribution in [2.24, 2.45) is 16.8 Å². The second-order valence-electron chi connectivity index (χ2n) is 2.87. The van der Waals surface area contributed by atoms with Gasteiger partial charge in [-0.3, -0.25) is 0 Å². The van der Waals surface area contributed by atoms with Gasteiger partial charge in [0.15, 0.2) is 0 Å². The van der Waals surface area contributed by atoms with Gasteiger partial charge < -0.3 is 0 Å². The van der Waals surface area contributed by atoms with E-state index in [2.05, 4.69) is 11.1 Å². The lowest BCUT2D eigenvalue weighted by Crippen LogP contribution is -2.19. The third-order valence-corrected chi connectivity index (χ3v) is 3.35. The highest BCUT2D eigenvalue weighted by molar-refractivity contribution is 6.66. The normalized spacial score (nSPS) is 33.8. The molecule has 0 amide bonds. The summed E-state index contributed by atoms with van der Waals surface area (Å²) in [7, 11) is 0. The Kier molecular flexibility index (Phi) is 2.19. The summed E-state index contributed by atoms with van der Waals surface area (Å²) < 4.78 is 0. The zero-order valence-electron chi connectivity index (χ0n) is 6.10. The fraction of sp³-hybridized carbons (Fsp3) is 0.375. The average Bonchev–Trinajstić information content (AvgIpc) is 2.48. The first kappa shape index (κ1) is 8.61. The molecule has 0 N–H and O–H groups in total. The quantitative estimate of drug-likeness (QED) is 0.440. The maximum Gasteiger partial charge on any atom is 0.145 e. The molecule has 1 heterocycles. The number of rotatable bonds is 0. The van der Waals surface area contributed by atoms with Crippen molar-refractivity contribution in [1.29, 1.82) is 0 Å². The van der Waals surface area contributed by atoms with E-state index in [1.54, 1.807) is 0 Å². The van der Waals surface area contributed by atoms with Gasteiger partial charge in [0.2, 0.25) is 0 Å². The summed E-state index contributed by atoms with van der Waals surface area (Å²) in [5.41, 5.74) is 0. The summed E-state index contributed by atoms with van der Waals surface area (Å²) in [6.07, 6.45) is 5.00. The van der Waals surface area contributed by atoms with E-state index in [0.29, 0.717) is 15.4 Å². The van der Waals surface area contributed by atoms with Crippen LogP contribution in [0.3, 0.4) is 0 Å². The summed E-state index contributed by atoms with van der Waals surface area (Å²) in [6, 6.07) is 0. The van der Waals surface area contributed by atoms with E-state index in [9.17, 15) is 0 Å². The molecule has 0 aromatic heterocycles. The van der Waals surface area contributed by atoms with Gasteiger partial charge in [0.05, 0.1) is 5.03 Å². The number of allylic oxidation sites excluding steroid dienone is 3. The molecule has 0 bridgehead atoms. The number of nitrogens with zero attached hydrogens (tertiary/aromatic N) is 1. The Hall–Kier alpha value is 0.0200. The van der Waals surface area contributed by atoms with Gasteiger partial charge in [-0.1, -0.05) is 47.0 Å². The Morgan fingerprint density at radius 2 is 2.08 bits per heavy atom. The Morgan fingerprint density at radius 1 is 1.33 bits per heavy atom. The Labute approximate surface area is 85.7 Å². The lowest BCUT2D eigenvalue weighted by Gasteiger charge is -2.21. The van der Waals surface area contributed by atoms with Crippen molar-refractivity contribution < 1.29 is 0 Å². The Bertz CT molecular complexity index is 303. The van der Waals surface area contributed by atoms with Crippen molar-refractivity contribution in [2.45, 2.75) is 6.42 Å². The zero-order chi connectivity index (χ0) is 8.72. The van der Waals surface area contributed by atoms with Crippen LogP contribution in [0.5, 0.6) is 0 Å². The van der Waals surface area contributed by atoms with Crippen LogP contribution < -0.4 is 0 Å². The molecule has 2 atom stereocenters. The first-order valence-electron chi connectivity index (χ1n) is 3.66. The van der Waals surface area contributed by atoms with E-state index in [-0.39, 0.29) is 11.8 Å². The van der Waals surface area contributed by atoms with E-state index in [1.807, 2.05) is 6.08 Å². The molecule has 0 radical (unpaired) electrons. The molecule has 2 rings (SSSR count). The Balaban J connectivity index is 2.42. The van der Waals surface area contributed by atoms with Crippen LogP contribution in [0.2, 0.25) is 0 Å². The first-order chi connectivity index (χ1) is 5.70. The largest absolute Gasteiger partial charge is 0.227 e. The van der Waals surface area contributed by atoms with Crippen LogP contribution in [0.25, 0.3) is 0 Å². The van der Waals surface area contributed by atoms with Gasteiger partial charge in [0.25, 0.3) is 0 Å². The second-order valence-corrected chi connectivity index (χ2v) is 4.02. The highest BCUT2D eigenvalue weighted by Gasteiger charge is 2.33. The summed E-state index contributed by atoms with van der Waals surface area (Å²) in [5, 5.41) is 1.51. The summed E-state index contributed by atoms with van der Waals surface area (Å²) >= 11 is 17.6. The minimum atomic E-state index is 0.157. The lowest BCUT2D eigenvalue weighted by molar-refractivity contribution is 0.626. The third-order valence-electron chi connectivity index (χ3n) is 2.17. The van der Waals surface area contributed by atoms with Crippen LogP contribution in [0.4, 0.5) is 0 Å². The molecule has 1 aliphatic heterocycles. The molecule has 0 aromatic carbocycles. The van der Waals surface area contributed by atoms with Crippen LogP contribution in [0.15, 0.2) is 27.3 Å². The number of fused-ring (bicyclic) bond motifs is 1. The fourth-order valence-electron chi connectivity index (χ4n) is 1.53. The van der Waals surface area contributed by atoms with Crippen molar-refractivity contribution in [2.75, 3.05) is 0 Å². The molecule has 64 valence electrons. The van der Waals surface area contributed by atoms with Gasteiger partial charge in [-0.25, -0.2) is 4.99 Å². The van der Waals surface area contributed by atoms with E-state index in [1.165, 1.54) is 0 Å². The van der Waals surface area contributed by atoms with Gasteiger partial charge >= 0.3 is 0 Å². The second kappa shape index (κ2) is 3.06. The number of halogens is 3. The van der Waals surface area contributed by atoms with Crippen molar-refractivity contribution in [3.05, 3.63) is 22.3 Å². The van der Waals surface area contributed by atoms with E-state index >= 15 is 0 Å². The molecular weight excluding hydrogens is 216 g/mol. The zero-order valence-corrected chi connectivity index (χ0v) is 8.37. The van der Waals surface area contributed by atoms with Gasteiger partial charge in [-0.05, 0) is 6.42 Å². The van der Waals surface area contributed by atoms with Gasteiger partial charge in [-0.2, -0.15) is 0 Å². The minimum Gasteiger partial charge on any atom is -0.227 e. The SMILES string of the molecule is ClC1=NC(Cl)=C(Cl)C2C=CCC12. The highest BCUT2D eigenvalue weighted by atomic mass is 35.5. The molecule has 0 aromatic rings. The molecule has 1 nitrogen and oxygen atoms in total. The molecule has 0 saturated heterocycles. The molecule has 2 aliphatic rings. The predicted molar refractivity (Wildman–Crippen MR) is 52.8 cm³/mol. The molecule has 0 fully saturated rings. The van der Waals surface area contributed by atoms with Crippen molar-refractivity contribution >= 4 is 40.0 Å². The molecule has 0 saturated carbocycles. The van der Waals surface area contributed by atoms with Crippen LogP contribution in [-0.2, 0) is 0 Å². The third kappa shape index (κ3) is 1.20. The van der Waals surface area contributed by atoms with E-state index in [4.69, 9.17) is 34.8 Å². The Morgan fingerprint density at radius 3 is 2.83 bits per heavy atom. The topological polar surface area (TPSA) is 12.4 Å². The van der Waals surface area contributed by atoms with Crippen LogP contribution >= 0.6 is 34.8 Å². The predicted octanol–water partition coefficient (Wildman–Crippen LogP) is 3.48. The van der Waals surface area contributed by atoms with Gasteiger partial charge in [0.1, 0.15) is 10.3 Å². The minimum absolute atomic E-state index is 0.157. The summed E-state index contributed by atoms with van der Waals surface area (Å²) in [4.78, 5) is 3.96. The average molecular weight is 223 g/mol. The fourth-order valence-corrected chi connectivity index (χ4v) is 2.36. The molecular formula is C8H6Cl3N. The summed E-state index contributed by atoms with van der Waals surface area (Å²) in [6.45, 7) is 0. The number of hydrogen-bond acceptors (Lipinski definition) is 1. The highest BCUT2D eigenvalue weighted by Crippen LogP contribution is 2.41. The maximum absolute atomic E-state index is 5.96. The van der Waals surface area contributed by atoms with Crippen molar-refractivity contribution in [1.82, 2.24) is 0 Å². The molecule has 1 aliphatic carbocycles. The smallest absolute Gasteiger partial charge is 0.145 e. The van der Waals surface area contributed by atoms with Crippen molar-refractivity contribution in [3.8, 4) is 0 Å². The van der Waals surface area contributed by atoms with Crippen LogP contribution in [0, 0.1) is 11.8 Å². The van der Waals surface area contributed by atoms with Gasteiger partial charge in [0, 0.05) is 11.8 Å². The summed E-state index contributed by atoms with van der Waals surface area (Å²) in [5.74, 6) is 0.380. The molecule has 0 spiro atoms. The molecule has 12 heavy (non-hydrogen) atoms. The van der Waals surface area contributed by atoms with E-state index < -0.39 is 0 Å².